The first-order valence-electron chi connectivity index (χ1n) is 2.79. The summed E-state index contributed by atoms with van der Waals surface area (Å²) in [6.45, 7) is 4.31. The van der Waals surface area contributed by atoms with Crippen molar-refractivity contribution in [1.29, 1.82) is 0 Å². The summed E-state index contributed by atoms with van der Waals surface area (Å²) in [5.41, 5.74) is -0.552. The molecule has 0 aromatic rings. The van der Waals surface area contributed by atoms with Crippen molar-refractivity contribution in [2.75, 3.05) is 20.6 Å². The fraction of sp³-hybridized carbons (Fsp3) is 1.00. The first-order chi connectivity index (χ1) is 3.42. The van der Waals surface area contributed by atoms with E-state index in [0.29, 0.717) is 6.54 Å². The third kappa shape index (κ3) is 12.1. The Morgan fingerprint density at radius 2 is 1.67 bits per heavy atom. The Hall–Kier alpha value is 0.803. The SMILES string of the molecule is CN(C)CC(C)(C)O.[Zr]. The van der Waals surface area contributed by atoms with Crippen LogP contribution in [-0.4, -0.2) is 36.2 Å². The average Bonchev–Trinajstić information content (AvgIpc) is 1.21. The van der Waals surface area contributed by atoms with Crippen molar-refractivity contribution in [3.63, 3.8) is 0 Å². The van der Waals surface area contributed by atoms with Gasteiger partial charge in [0.05, 0.1) is 5.60 Å². The number of rotatable bonds is 2. The molecule has 0 aliphatic rings. The van der Waals surface area contributed by atoms with Crippen molar-refractivity contribution in [3.8, 4) is 0 Å². The Bertz CT molecular complexity index is 67.9. The Morgan fingerprint density at radius 3 is 1.67 bits per heavy atom. The topological polar surface area (TPSA) is 23.5 Å². The van der Waals surface area contributed by atoms with E-state index in [1.165, 1.54) is 0 Å². The summed E-state index contributed by atoms with van der Waals surface area (Å²) in [7, 11) is 3.88. The van der Waals surface area contributed by atoms with Crippen molar-refractivity contribution in [2.24, 2.45) is 0 Å². The van der Waals surface area contributed by atoms with Crippen molar-refractivity contribution in [3.05, 3.63) is 0 Å². The fourth-order valence-electron chi connectivity index (χ4n) is 0.774. The molecule has 0 aliphatic heterocycles. The minimum Gasteiger partial charge on any atom is -0.389 e. The van der Waals surface area contributed by atoms with Crippen LogP contribution in [-0.2, 0) is 26.2 Å². The molecular formula is C6H15NOZr. The standard InChI is InChI=1S/C6H15NO.Zr/c1-6(2,8)5-7(3)4;/h8H,5H2,1-4H3;. The Labute approximate surface area is 76.4 Å². The van der Waals surface area contributed by atoms with Crippen LogP contribution in [0.15, 0.2) is 0 Å². The molecule has 0 saturated heterocycles. The van der Waals surface area contributed by atoms with Crippen LogP contribution >= 0.6 is 0 Å². The van der Waals surface area contributed by atoms with E-state index in [9.17, 15) is 0 Å². The zero-order valence-corrected chi connectivity index (χ0v) is 9.06. The summed E-state index contributed by atoms with van der Waals surface area (Å²) in [6.07, 6.45) is 0. The van der Waals surface area contributed by atoms with E-state index in [0.717, 1.165) is 0 Å². The molecule has 9 heavy (non-hydrogen) atoms. The van der Waals surface area contributed by atoms with Crippen LogP contribution in [0.1, 0.15) is 13.8 Å². The van der Waals surface area contributed by atoms with Gasteiger partial charge in [-0.1, -0.05) is 0 Å². The first-order valence-corrected chi connectivity index (χ1v) is 2.79. The van der Waals surface area contributed by atoms with Crippen molar-refractivity contribution < 1.29 is 31.3 Å². The van der Waals surface area contributed by atoms with E-state index >= 15 is 0 Å². The smallest absolute Gasteiger partial charge is 0.0717 e. The third-order valence-electron chi connectivity index (χ3n) is 0.703. The van der Waals surface area contributed by atoms with Crippen LogP contribution in [0.25, 0.3) is 0 Å². The molecule has 0 aromatic heterocycles. The second-order valence-electron chi connectivity index (χ2n) is 3.05. The second kappa shape index (κ2) is 4.59. The zero-order chi connectivity index (χ0) is 6.78. The maximum absolute atomic E-state index is 9.15. The minimum absolute atomic E-state index is 0. The molecule has 0 saturated carbocycles. The number of nitrogens with zero attached hydrogens (tertiary/aromatic N) is 1. The van der Waals surface area contributed by atoms with E-state index in [2.05, 4.69) is 0 Å². The summed E-state index contributed by atoms with van der Waals surface area (Å²) < 4.78 is 0. The summed E-state index contributed by atoms with van der Waals surface area (Å²) in [5, 5.41) is 9.15. The van der Waals surface area contributed by atoms with Gasteiger partial charge in [-0.05, 0) is 27.9 Å². The van der Waals surface area contributed by atoms with E-state index in [1.807, 2.05) is 19.0 Å². The van der Waals surface area contributed by atoms with E-state index < -0.39 is 5.60 Å². The second-order valence-corrected chi connectivity index (χ2v) is 3.05. The Balaban J connectivity index is 0. The Morgan fingerprint density at radius 1 is 1.33 bits per heavy atom. The molecule has 3 heteroatoms. The summed E-state index contributed by atoms with van der Waals surface area (Å²) in [4.78, 5) is 1.96. The predicted octanol–water partition coefficient (Wildman–Crippen LogP) is 0.316. The summed E-state index contributed by atoms with van der Waals surface area (Å²) in [5.74, 6) is 0. The van der Waals surface area contributed by atoms with Gasteiger partial charge in [-0.25, -0.2) is 0 Å². The number of likely N-dealkylation sites (N-methyl/N-ethyl adjacent to an activating group) is 1. The van der Waals surface area contributed by atoms with Crippen LogP contribution in [0.2, 0.25) is 0 Å². The predicted molar refractivity (Wildman–Crippen MR) is 34.9 cm³/mol. The maximum atomic E-state index is 9.15. The maximum Gasteiger partial charge on any atom is 0.0717 e. The van der Waals surface area contributed by atoms with Crippen molar-refractivity contribution >= 4 is 0 Å². The number of aliphatic hydroxyl groups is 1. The van der Waals surface area contributed by atoms with Gasteiger partial charge in [-0.15, -0.1) is 0 Å². The van der Waals surface area contributed by atoms with Gasteiger partial charge in [-0.3, -0.25) is 0 Å². The molecule has 0 unspecified atom stereocenters. The van der Waals surface area contributed by atoms with Gasteiger partial charge in [0.2, 0.25) is 0 Å². The molecule has 2 nitrogen and oxygen atoms in total. The van der Waals surface area contributed by atoms with Crippen LogP contribution in [0.5, 0.6) is 0 Å². The molecule has 0 amide bonds. The summed E-state index contributed by atoms with van der Waals surface area (Å²) >= 11 is 0. The van der Waals surface area contributed by atoms with Crippen LogP contribution in [0.4, 0.5) is 0 Å². The van der Waals surface area contributed by atoms with Crippen molar-refractivity contribution in [1.82, 2.24) is 4.90 Å². The number of hydrogen-bond donors (Lipinski definition) is 1. The fourth-order valence-corrected chi connectivity index (χ4v) is 0.774. The van der Waals surface area contributed by atoms with Gasteiger partial charge in [0, 0.05) is 32.7 Å². The molecule has 0 spiro atoms. The molecule has 0 aromatic carbocycles. The van der Waals surface area contributed by atoms with Crippen molar-refractivity contribution in [2.45, 2.75) is 19.4 Å². The first kappa shape index (κ1) is 12.5. The van der Waals surface area contributed by atoms with Gasteiger partial charge >= 0.3 is 0 Å². The van der Waals surface area contributed by atoms with E-state index in [4.69, 9.17) is 5.11 Å². The molecule has 0 bridgehead atoms. The van der Waals surface area contributed by atoms with Gasteiger partial charge in [0.15, 0.2) is 0 Å². The molecule has 0 rings (SSSR count). The third-order valence-corrected chi connectivity index (χ3v) is 0.703. The molecule has 0 radical (unpaired) electrons. The van der Waals surface area contributed by atoms with Gasteiger partial charge in [-0.2, -0.15) is 0 Å². The van der Waals surface area contributed by atoms with E-state index in [-0.39, 0.29) is 26.2 Å². The molecule has 1 N–H and O–H groups in total. The molecule has 0 fully saturated rings. The van der Waals surface area contributed by atoms with Gasteiger partial charge in [0.25, 0.3) is 0 Å². The normalized spacial score (nSPS) is 11.3. The number of hydrogen-bond acceptors (Lipinski definition) is 2. The van der Waals surface area contributed by atoms with Crippen LogP contribution < -0.4 is 0 Å². The molecule has 0 atom stereocenters. The largest absolute Gasteiger partial charge is 0.389 e. The molecular weight excluding hydrogens is 193 g/mol. The monoisotopic (exact) mass is 207 g/mol. The molecule has 54 valence electrons. The quantitative estimate of drug-likeness (QED) is 0.706. The molecule has 0 heterocycles. The average molecular weight is 208 g/mol. The van der Waals surface area contributed by atoms with Gasteiger partial charge < -0.3 is 10.0 Å². The van der Waals surface area contributed by atoms with E-state index in [1.54, 1.807) is 13.8 Å². The van der Waals surface area contributed by atoms with Gasteiger partial charge in [0.1, 0.15) is 0 Å². The van der Waals surface area contributed by atoms with Crippen LogP contribution in [0, 0.1) is 0 Å². The molecule has 0 aliphatic carbocycles. The van der Waals surface area contributed by atoms with Crippen LogP contribution in [0.3, 0.4) is 0 Å². The Kier molecular flexibility index (Phi) is 6.37. The minimum atomic E-state index is -0.552. The summed E-state index contributed by atoms with van der Waals surface area (Å²) in [6, 6.07) is 0. The zero-order valence-electron chi connectivity index (χ0n) is 6.60.